The number of hydrogen-bond donors (Lipinski definition) is 2. The van der Waals surface area contributed by atoms with Gasteiger partial charge in [-0.1, -0.05) is 12.1 Å². The summed E-state index contributed by atoms with van der Waals surface area (Å²) in [5.74, 6) is -2.33. The van der Waals surface area contributed by atoms with Gasteiger partial charge in [-0.3, -0.25) is 0 Å². The Morgan fingerprint density at radius 2 is 1.89 bits per heavy atom. The molecule has 1 fully saturated rings. The Morgan fingerprint density at radius 3 is 2.43 bits per heavy atom. The molecule has 0 unspecified atom stereocenters. The summed E-state index contributed by atoms with van der Waals surface area (Å²) in [5, 5.41) is 21.8. The van der Waals surface area contributed by atoms with E-state index in [1.165, 1.54) is 6.08 Å². The molecule has 0 saturated heterocycles. The third-order valence-electron chi connectivity index (χ3n) is 6.80. The molecule has 28 heavy (non-hydrogen) atoms. The first-order chi connectivity index (χ1) is 12.9. The van der Waals surface area contributed by atoms with Gasteiger partial charge in [-0.2, -0.15) is 13.2 Å². The zero-order chi connectivity index (χ0) is 20.9. The zero-order valence-electron chi connectivity index (χ0n) is 16.6. The molecule has 1 saturated carbocycles. The molecule has 1 aromatic carbocycles. The van der Waals surface area contributed by atoms with Crippen LogP contribution in [0.4, 0.5) is 13.2 Å². The SMILES string of the molecule is C=C[C@@H]1CC[C@@H]([C@@H]2CCc3cc(OC)ccc3[C@H]2C(C)(C)O)[C@]1(O)C(F)(F)F. The second-order valence-electron chi connectivity index (χ2n) is 8.75. The Kier molecular flexibility index (Phi) is 5.34. The van der Waals surface area contributed by atoms with E-state index in [0.717, 1.165) is 11.1 Å². The molecular formula is C22H29F3O3. The van der Waals surface area contributed by atoms with Gasteiger partial charge in [0.1, 0.15) is 5.75 Å². The lowest BCUT2D eigenvalue weighted by molar-refractivity contribution is -0.290. The van der Waals surface area contributed by atoms with Crippen LogP contribution in [0.25, 0.3) is 0 Å². The maximum absolute atomic E-state index is 14.0. The van der Waals surface area contributed by atoms with Crippen molar-refractivity contribution in [3.8, 4) is 5.75 Å². The minimum atomic E-state index is -4.75. The van der Waals surface area contributed by atoms with Crippen molar-refractivity contribution in [2.45, 2.75) is 62.8 Å². The molecule has 1 aromatic rings. The second kappa shape index (κ2) is 7.06. The first-order valence-corrected chi connectivity index (χ1v) is 9.76. The van der Waals surface area contributed by atoms with Crippen molar-refractivity contribution in [3.05, 3.63) is 42.0 Å². The molecule has 2 aliphatic carbocycles. The summed E-state index contributed by atoms with van der Waals surface area (Å²) in [7, 11) is 1.57. The molecule has 5 atom stereocenters. The van der Waals surface area contributed by atoms with E-state index in [1.54, 1.807) is 27.0 Å². The van der Waals surface area contributed by atoms with E-state index < -0.39 is 41.1 Å². The lowest BCUT2D eigenvalue weighted by atomic mass is 9.60. The standard InChI is InChI=1S/C22H29F3O3/c1-5-14-7-11-18(21(14,27)22(23,24)25)17-9-6-13-12-15(28-4)8-10-16(13)19(17)20(2,3)26/h5,8,10,12,14,17-19,26-27H,1,6-7,9,11H2,2-4H3/t14-,17+,18+,19-,21+/m1/s1. The summed E-state index contributed by atoms with van der Waals surface area (Å²) in [5.41, 5.74) is -2.22. The highest BCUT2D eigenvalue weighted by molar-refractivity contribution is 5.41. The van der Waals surface area contributed by atoms with Gasteiger partial charge in [0.15, 0.2) is 5.60 Å². The molecule has 156 valence electrons. The number of alkyl halides is 3. The van der Waals surface area contributed by atoms with E-state index in [9.17, 15) is 23.4 Å². The predicted molar refractivity (Wildman–Crippen MR) is 101 cm³/mol. The van der Waals surface area contributed by atoms with Gasteiger partial charge < -0.3 is 14.9 Å². The van der Waals surface area contributed by atoms with Crippen molar-refractivity contribution in [3.63, 3.8) is 0 Å². The van der Waals surface area contributed by atoms with Gasteiger partial charge in [-0.15, -0.1) is 6.58 Å². The molecule has 0 spiro atoms. The average Bonchev–Trinajstić information content (AvgIpc) is 2.96. The zero-order valence-corrected chi connectivity index (χ0v) is 16.6. The minimum Gasteiger partial charge on any atom is -0.497 e. The van der Waals surface area contributed by atoms with Crippen LogP contribution in [-0.2, 0) is 6.42 Å². The third-order valence-corrected chi connectivity index (χ3v) is 6.80. The van der Waals surface area contributed by atoms with E-state index in [4.69, 9.17) is 4.74 Å². The lowest BCUT2D eigenvalue weighted by Crippen LogP contribution is -2.56. The van der Waals surface area contributed by atoms with Gasteiger partial charge in [-0.25, -0.2) is 0 Å². The normalized spacial score (nSPS) is 33.4. The van der Waals surface area contributed by atoms with Crippen molar-refractivity contribution in [1.82, 2.24) is 0 Å². The molecule has 2 aliphatic rings. The number of aryl methyl sites for hydroxylation is 1. The van der Waals surface area contributed by atoms with Crippen LogP contribution in [0.2, 0.25) is 0 Å². The summed E-state index contributed by atoms with van der Waals surface area (Å²) in [6.45, 7) is 6.80. The number of aliphatic hydroxyl groups is 2. The van der Waals surface area contributed by atoms with Crippen LogP contribution in [-0.4, -0.2) is 34.7 Å². The van der Waals surface area contributed by atoms with Crippen LogP contribution >= 0.6 is 0 Å². The Hall–Kier alpha value is -1.53. The molecule has 3 rings (SSSR count). The fourth-order valence-electron chi connectivity index (χ4n) is 5.62. The molecule has 6 heteroatoms. The topological polar surface area (TPSA) is 49.7 Å². The quantitative estimate of drug-likeness (QED) is 0.728. The van der Waals surface area contributed by atoms with Crippen LogP contribution < -0.4 is 4.74 Å². The van der Waals surface area contributed by atoms with Crippen LogP contribution in [0.1, 0.15) is 50.2 Å². The Bertz CT molecular complexity index is 738. The Labute approximate surface area is 164 Å². The summed E-state index contributed by atoms with van der Waals surface area (Å²) < 4.78 is 47.4. The molecule has 3 nitrogen and oxygen atoms in total. The highest BCUT2D eigenvalue weighted by Gasteiger charge is 2.67. The van der Waals surface area contributed by atoms with Crippen molar-refractivity contribution < 1.29 is 28.1 Å². The summed E-state index contributed by atoms with van der Waals surface area (Å²) >= 11 is 0. The molecule has 0 bridgehead atoms. The van der Waals surface area contributed by atoms with Crippen LogP contribution in [0, 0.1) is 17.8 Å². The highest BCUT2D eigenvalue weighted by atomic mass is 19.4. The lowest BCUT2D eigenvalue weighted by Gasteiger charge is -2.48. The highest BCUT2D eigenvalue weighted by Crippen LogP contribution is 2.59. The number of methoxy groups -OCH3 is 1. The van der Waals surface area contributed by atoms with Crippen molar-refractivity contribution >= 4 is 0 Å². The summed E-state index contributed by atoms with van der Waals surface area (Å²) in [6.07, 6.45) is -1.95. The molecule has 0 amide bonds. The fourth-order valence-corrected chi connectivity index (χ4v) is 5.62. The minimum absolute atomic E-state index is 0.245. The first-order valence-electron chi connectivity index (χ1n) is 9.76. The largest absolute Gasteiger partial charge is 0.497 e. The van der Waals surface area contributed by atoms with Crippen molar-refractivity contribution in [1.29, 1.82) is 0 Å². The third kappa shape index (κ3) is 3.24. The average molecular weight is 398 g/mol. The van der Waals surface area contributed by atoms with Crippen molar-refractivity contribution in [2.75, 3.05) is 7.11 Å². The van der Waals surface area contributed by atoms with Gasteiger partial charge >= 0.3 is 6.18 Å². The fraction of sp³-hybridized carbons (Fsp3) is 0.636. The molecule has 2 N–H and O–H groups in total. The van der Waals surface area contributed by atoms with E-state index in [-0.39, 0.29) is 12.8 Å². The number of fused-ring (bicyclic) bond motifs is 1. The first kappa shape index (κ1) is 21.2. The maximum Gasteiger partial charge on any atom is 0.418 e. The number of ether oxygens (including phenoxy) is 1. The Balaban J connectivity index is 2.09. The number of rotatable bonds is 4. The van der Waals surface area contributed by atoms with Gasteiger partial charge in [0.05, 0.1) is 12.7 Å². The predicted octanol–water partition coefficient (Wildman–Crippen LogP) is 4.62. The number of halogens is 3. The number of benzene rings is 1. The molecule has 0 aliphatic heterocycles. The molecule has 0 heterocycles. The van der Waals surface area contributed by atoms with Crippen LogP contribution in [0.15, 0.2) is 30.9 Å². The Morgan fingerprint density at radius 1 is 1.21 bits per heavy atom. The second-order valence-corrected chi connectivity index (χ2v) is 8.75. The maximum atomic E-state index is 14.0. The molecule has 0 aromatic heterocycles. The summed E-state index contributed by atoms with van der Waals surface area (Å²) in [6, 6.07) is 5.51. The number of hydrogen-bond acceptors (Lipinski definition) is 3. The van der Waals surface area contributed by atoms with Crippen molar-refractivity contribution in [2.24, 2.45) is 17.8 Å². The van der Waals surface area contributed by atoms with Crippen LogP contribution in [0.5, 0.6) is 5.75 Å². The van der Waals surface area contributed by atoms with E-state index in [2.05, 4.69) is 6.58 Å². The molecule has 0 radical (unpaired) electrons. The monoisotopic (exact) mass is 398 g/mol. The molecular weight excluding hydrogens is 369 g/mol. The van der Waals surface area contributed by atoms with E-state index in [0.29, 0.717) is 18.6 Å². The summed E-state index contributed by atoms with van der Waals surface area (Å²) in [4.78, 5) is 0. The van der Waals surface area contributed by atoms with Gasteiger partial charge in [0.25, 0.3) is 0 Å². The van der Waals surface area contributed by atoms with E-state index in [1.807, 2.05) is 12.1 Å². The van der Waals surface area contributed by atoms with Gasteiger partial charge in [0, 0.05) is 17.8 Å². The smallest absolute Gasteiger partial charge is 0.418 e. The van der Waals surface area contributed by atoms with Gasteiger partial charge in [0.2, 0.25) is 0 Å². The van der Waals surface area contributed by atoms with Gasteiger partial charge in [-0.05, 0) is 68.7 Å². The van der Waals surface area contributed by atoms with E-state index >= 15 is 0 Å². The van der Waals surface area contributed by atoms with Crippen LogP contribution in [0.3, 0.4) is 0 Å².